The van der Waals surface area contributed by atoms with E-state index in [1.165, 1.54) is 0 Å². The number of nitrogens with one attached hydrogen (secondary N) is 1. The molecule has 0 radical (unpaired) electrons. The molecule has 1 atom stereocenters. The fourth-order valence-corrected chi connectivity index (χ4v) is 3.11. The van der Waals surface area contributed by atoms with E-state index in [1.807, 2.05) is 4.90 Å². The Morgan fingerprint density at radius 3 is 2.95 bits per heavy atom. The summed E-state index contributed by atoms with van der Waals surface area (Å²) in [6.45, 7) is 2.32. The van der Waals surface area contributed by atoms with E-state index >= 15 is 0 Å². The number of nitrogens with zero attached hydrogens (tertiary/aromatic N) is 2. The molecule has 7 heteroatoms. The van der Waals surface area contributed by atoms with Crippen molar-refractivity contribution in [1.82, 2.24) is 10.2 Å². The SMILES string of the molecule is O=C(O)c1cccc(Cl)c1N1CCN2C(=O)NCC2C1. The van der Waals surface area contributed by atoms with E-state index in [2.05, 4.69) is 5.32 Å². The van der Waals surface area contributed by atoms with Crippen LogP contribution in [0.1, 0.15) is 10.4 Å². The van der Waals surface area contributed by atoms with Crippen molar-refractivity contribution in [3.05, 3.63) is 28.8 Å². The van der Waals surface area contributed by atoms with Gasteiger partial charge in [-0.25, -0.2) is 9.59 Å². The number of anilines is 1. The highest BCUT2D eigenvalue weighted by atomic mass is 35.5. The second kappa shape index (κ2) is 4.86. The van der Waals surface area contributed by atoms with Crippen LogP contribution in [0.5, 0.6) is 0 Å². The van der Waals surface area contributed by atoms with Crippen molar-refractivity contribution >= 4 is 29.3 Å². The normalized spacial score (nSPS) is 21.6. The maximum Gasteiger partial charge on any atom is 0.337 e. The number of piperazine rings is 1. The van der Waals surface area contributed by atoms with Gasteiger partial charge in [0, 0.05) is 26.2 Å². The van der Waals surface area contributed by atoms with Crippen LogP contribution in [0.2, 0.25) is 5.02 Å². The molecule has 1 aromatic carbocycles. The highest BCUT2D eigenvalue weighted by molar-refractivity contribution is 6.34. The lowest BCUT2D eigenvalue weighted by molar-refractivity contribution is 0.0697. The summed E-state index contributed by atoms with van der Waals surface area (Å²) in [5, 5.41) is 12.5. The van der Waals surface area contributed by atoms with E-state index in [4.69, 9.17) is 11.6 Å². The first-order valence-electron chi connectivity index (χ1n) is 6.39. The van der Waals surface area contributed by atoms with Gasteiger partial charge < -0.3 is 20.2 Å². The van der Waals surface area contributed by atoms with Crippen LogP contribution in [0, 0.1) is 0 Å². The van der Waals surface area contributed by atoms with Crippen LogP contribution >= 0.6 is 11.6 Å². The molecule has 2 saturated heterocycles. The summed E-state index contributed by atoms with van der Waals surface area (Å²) in [6, 6.07) is 4.88. The number of halogens is 1. The zero-order chi connectivity index (χ0) is 14.3. The number of carbonyl (C=O) groups excluding carboxylic acids is 1. The number of carbonyl (C=O) groups is 2. The fourth-order valence-electron chi connectivity index (χ4n) is 2.82. The number of carboxylic acids is 1. The third kappa shape index (κ3) is 2.06. The Morgan fingerprint density at radius 2 is 2.20 bits per heavy atom. The molecular formula is C13H14ClN3O3. The number of hydrogen-bond acceptors (Lipinski definition) is 3. The number of amides is 2. The second-order valence-corrected chi connectivity index (χ2v) is 5.33. The van der Waals surface area contributed by atoms with Gasteiger partial charge in [-0.05, 0) is 12.1 Å². The van der Waals surface area contributed by atoms with E-state index in [0.29, 0.717) is 36.9 Å². The van der Waals surface area contributed by atoms with E-state index < -0.39 is 5.97 Å². The van der Waals surface area contributed by atoms with Crippen molar-refractivity contribution in [2.45, 2.75) is 6.04 Å². The van der Waals surface area contributed by atoms with E-state index in [-0.39, 0.29) is 17.6 Å². The van der Waals surface area contributed by atoms with Crippen LogP contribution in [-0.2, 0) is 0 Å². The van der Waals surface area contributed by atoms with Gasteiger partial charge in [0.25, 0.3) is 0 Å². The summed E-state index contributed by atoms with van der Waals surface area (Å²) in [6.07, 6.45) is 0. The first-order chi connectivity index (χ1) is 9.58. The third-order valence-electron chi connectivity index (χ3n) is 3.77. The van der Waals surface area contributed by atoms with Crippen molar-refractivity contribution in [2.24, 2.45) is 0 Å². The summed E-state index contributed by atoms with van der Waals surface area (Å²) >= 11 is 6.18. The maximum atomic E-state index is 11.6. The monoisotopic (exact) mass is 295 g/mol. The minimum absolute atomic E-state index is 0.0488. The Hall–Kier alpha value is -1.95. The molecule has 0 spiro atoms. The first-order valence-corrected chi connectivity index (χ1v) is 6.77. The number of carboxylic acid groups (broad SMARTS) is 1. The largest absolute Gasteiger partial charge is 0.478 e. The highest BCUT2D eigenvalue weighted by Gasteiger charge is 2.36. The Labute approximate surface area is 120 Å². The van der Waals surface area contributed by atoms with Gasteiger partial charge in [-0.3, -0.25) is 0 Å². The molecule has 0 aliphatic carbocycles. The molecule has 0 bridgehead atoms. The number of aromatic carboxylic acids is 1. The zero-order valence-corrected chi connectivity index (χ0v) is 11.4. The van der Waals surface area contributed by atoms with Crippen LogP contribution in [0.3, 0.4) is 0 Å². The maximum absolute atomic E-state index is 11.6. The predicted octanol–water partition coefficient (Wildman–Crippen LogP) is 1.25. The average molecular weight is 296 g/mol. The van der Waals surface area contributed by atoms with Crippen molar-refractivity contribution < 1.29 is 14.7 Å². The van der Waals surface area contributed by atoms with Crippen LogP contribution in [-0.4, -0.2) is 54.2 Å². The topological polar surface area (TPSA) is 72.9 Å². The van der Waals surface area contributed by atoms with Gasteiger partial charge in [-0.2, -0.15) is 0 Å². The first kappa shape index (κ1) is 13.1. The van der Waals surface area contributed by atoms with Crippen LogP contribution < -0.4 is 10.2 Å². The molecule has 0 saturated carbocycles. The van der Waals surface area contributed by atoms with Gasteiger partial charge in [0.1, 0.15) is 0 Å². The molecule has 2 aliphatic rings. The van der Waals surface area contributed by atoms with Crippen molar-refractivity contribution in [1.29, 1.82) is 0 Å². The molecule has 2 amide bonds. The number of rotatable bonds is 2. The highest BCUT2D eigenvalue weighted by Crippen LogP contribution is 2.32. The summed E-state index contributed by atoms with van der Waals surface area (Å²) in [4.78, 5) is 26.6. The molecule has 20 heavy (non-hydrogen) atoms. The lowest BCUT2D eigenvalue weighted by atomic mass is 10.1. The summed E-state index contributed by atoms with van der Waals surface area (Å²) in [7, 11) is 0. The Kier molecular flexibility index (Phi) is 3.17. The smallest absolute Gasteiger partial charge is 0.337 e. The van der Waals surface area contributed by atoms with Crippen molar-refractivity contribution in [2.75, 3.05) is 31.1 Å². The number of para-hydroxylation sites is 1. The molecule has 0 aromatic heterocycles. The Morgan fingerprint density at radius 1 is 1.40 bits per heavy atom. The molecule has 1 unspecified atom stereocenters. The van der Waals surface area contributed by atoms with Crippen LogP contribution in [0.25, 0.3) is 0 Å². The third-order valence-corrected chi connectivity index (χ3v) is 4.07. The van der Waals surface area contributed by atoms with Crippen LogP contribution in [0.4, 0.5) is 10.5 Å². The summed E-state index contributed by atoms with van der Waals surface area (Å²) in [5.74, 6) is -0.995. The predicted molar refractivity (Wildman–Crippen MR) is 74.5 cm³/mol. The van der Waals surface area contributed by atoms with Gasteiger partial charge in [0.05, 0.1) is 22.3 Å². The van der Waals surface area contributed by atoms with Crippen molar-refractivity contribution in [3.63, 3.8) is 0 Å². The van der Waals surface area contributed by atoms with E-state index in [0.717, 1.165) is 0 Å². The lowest BCUT2D eigenvalue weighted by Gasteiger charge is -2.38. The van der Waals surface area contributed by atoms with E-state index in [1.54, 1.807) is 23.1 Å². The standard InChI is InChI=1S/C13H14ClN3O3/c14-10-3-1-2-9(12(18)19)11(10)16-4-5-17-8(7-16)6-15-13(17)20/h1-3,8H,4-7H2,(H,15,20)(H,18,19). The number of hydrogen-bond donors (Lipinski definition) is 2. The van der Waals surface area contributed by atoms with Gasteiger partial charge >= 0.3 is 12.0 Å². The molecular weight excluding hydrogens is 282 g/mol. The minimum atomic E-state index is -0.995. The molecule has 6 nitrogen and oxygen atoms in total. The lowest BCUT2D eigenvalue weighted by Crippen LogP contribution is -2.52. The summed E-state index contributed by atoms with van der Waals surface area (Å²) < 4.78 is 0. The zero-order valence-electron chi connectivity index (χ0n) is 10.7. The second-order valence-electron chi connectivity index (χ2n) is 4.92. The molecule has 2 fully saturated rings. The molecule has 2 heterocycles. The minimum Gasteiger partial charge on any atom is -0.478 e. The number of fused-ring (bicyclic) bond motifs is 1. The molecule has 2 N–H and O–H groups in total. The van der Waals surface area contributed by atoms with Gasteiger partial charge in [-0.1, -0.05) is 17.7 Å². The number of urea groups is 1. The number of benzene rings is 1. The van der Waals surface area contributed by atoms with Crippen molar-refractivity contribution in [3.8, 4) is 0 Å². The van der Waals surface area contributed by atoms with Gasteiger partial charge in [0.2, 0.25) is 0 Å². The summed E-state index contributed by atoms with van der Waals surface area (Å²) in [5.41, 5.74) is 0.740. The Bertz CT molecular complexity index is 578. The van der Waals surface area contributed by atoms with Gasteiger partial charge in [0.15, 0.2) is 0 Å². The Balaban J connectivity index is 1.91. The van der Waals surface area contributed by atoms with E-state index in [9.17, 15) is 14.7 Å². The average Bonchev–Trinajstić information content (AvgIpc) is 2.79. The molecule has 3 rings (SSSR count). The van der Waals surface area contributed by atoms with Crippen LogP contribution in [0.15, 0.2) is 18.2 Å². The molecule has 2 aliphatic heterocycles. The molecule has 1 aromatic rings. The fraction of sp³-hybridized carbons (Fsp3) is 0.385. The van der Waals surface area contributed by atoms with Gasteiger partial charge in [-0.15, -0.1) is 0 Å². The quantitative estimate of drug-likeness (QED) is 0.861. The molecule has 106 valence electrons.